The van der Waals surface area contributed by atoms with E-state index in [4.69, 9.17) is 4.74 Å². The highest BCUT2D eigenvalue weighted by Gasteiger charge is 2.11. The molecule has 1 aromatic carbocycles. The van der Waals surface area contributed by atoms with Crippen molar-refractivity contribution in [2.45, 2.75) is 45.4 Å². The predicted molar refractivity (Wildman–Crippen MR) is 82.4 cm³/mol. The van der Waals surface area contributed by atoms with E-state index in [1.165, 1.54) is 18.4 Å². The number of rotatable bonds is 7. The molecular formula is C16H23BrO. The minimum Gasteiger partial charge on any atom is -0.496 e. The van der Waals surface area contributed by atoms with Crippen LogP contribution in [0.4, 0.5) is 0 Å². The van der Waals surface area contributed by atoms with Crippen molar-refractivity contribution < 1.29 is 4.74 Å². The van der Waals surface area contributed by atoms with Crippen LogP contribution in [-0.4, -0.2) is 7.11 Å². The van der Waals surface area contributed by atoms with E-state index in [1.54, 1.807) is 7.11 Å². The van der Waals surface area contributed by atoms with Crippen LogP contribution in [0.2, 0.25) is 0 Å². The van der Waals surface area contributed by atoms with E-state index < -0.39 is 0 Å². The van der Waals surface area contributed by atoms with Crippen LogP contribution < -0.4 is 4.74 Å². The number of methoxy groups -OCH3 is 1. The Morgan fingerprint density at radius 1 is 1.28 bits per heavy atom. The molecule has 0 fully saturated rings. The molecule has 0 radical (unpaired) electrons. The summed E-state index contributed by atoms with van der Waals surface area (Å²) in [4.78, 5) is 0. The molecule has 2 heteroatoms. The Morgan fingerprint density at radius 3 is 2.61 bits per heavy atom. The second-order valence-electron chi connectivity index (χ2n) is 4.49. The third kappa shape index (κ3) is 4.49. The molecule has 0 saturated carbocycles. The van der Waals surface area contributed by atoms with E-state index in [2.05, 4.69) is 54.1 Å². The van der Waals surface area contributed by atoms with E-state index in [-0.39, 0.29) is 0 Å². The number of ether oxygens (including phenoxy) is 1. The second kappa shape index (κ2) is 8.36. The minimum absolute atomic E-state index is 0.611. The van der Waals surface area contributed by atoms with Crippen LogP contribution in [-0.2, 0) is 0 Å². The van der Waals surface area contributed by atoms with Crippen LogP contribution in [0, 0.1) is 0 Å². The molecular weight excluding hydrogens is 288 g/mol. The normalized spacial score (nSPS) is 12.9. The zero-order chi connectivity index (χ0) is 13.4. The molecule has 0 aromatic heterocycles. The number of allylic oxidation sites excluding steroid dienone is 2. The van der Waals surface area contributed by atoms with E-state index >= 15 is 0 Å². The molecule has 1 unspecified atom stereocenters. The zero-order valence-electron chi connectivity index (χ0n) is 11.6. The Labute approximate surface area is 119 Å². The first-order valence-corrected chi connectivity index (χ1v) is 7.50. The molecule has 100 valence electrons. The van der Waals surface area contributed by atoms with Crippen molar-refractivity contribution in [1.82, 2.24) is 0 Å². The van der Waals surface area contributed by atoms with Gasteiger partial charge in [0, 0.05) is 0 Å². The Morgan fingerprint density at radius 2 is 2.06 bits per heavy atom. The summed E-state index contributed by atoms with van der Waals surface area (Å²) in [5.74, 6) is 1.51. The van der Waals surface area contributed by atoms with Gasteiger partial charge in [-0.15, -0.1) is 0 Å². The minimum atomic E-state index is 0.611. The van der Waals surface area contributed by atoms with Gasteiger partial charge in [0.25, 0.3) is 0 Å². The molecule has 0 aliphatic heterocycles. The lowest BCUT2D eigenvalue weighted by atomic mass is 9.91. The van der Waals surface area contributed by atoms with Crippen LogP contribution in [0.1, 0.15) is 51.0 Å². The third-order valence-corrected chi connectivity index (χ3v) is 3.73. The maximum absolute atomic E-state index is 5.28. The van der Waals surface area contributed by atoms with Gasteiger partial charge in [0.2, 0.25) is 0 Å². The van der Waals surface area contributed by atoms with E-state index in [9.17, 15) is 0 Å². The van der Waals surface area contributed by atoms with Crippen molar-refractivity contribution >= 4 is 15.9 Å². The summed E-state index contributed by atoms with van der Waals surface area (Å²) in [6, 6.07) is 6.42. The van der Waals surface area contributed by atoms with Crippen LogP contribution in [0.5, 0.6) is 5.75 Å². The number of halogens is 1. The van der Waals surface area contributed by atoms with Gasteiger partial charge in [0.15, 0.2) is 0 Å². The standard InChI is InChI=1S/C16H23BrO/c1-4-6-7-9-13(8-5-2)14-10-11-16(18-3)15(17)12-14/h6-7,10-13H,4-5,8-9H2,1-3H3/b7-6-. The maximum Gasteiger partial charge on any atom is 0.133 e. The van der Waals surface area contributed by atoms with Crippen molar-refractivity contribution in [1.29, 1.82) is 0 Å². The van der Waals surface area contributed by atoms with Crippen LogP contribution >= 0.6 is 15.9 Å². The fraction of sp³-hybridized carbons (Fsp3) is 0.500. The molecule has 1 atom stereocenters. The molecule has 0 spiro atoms. The topological polar surface area (TPSA) is 9.23 Å². The van der Waals surface area contributed by atoms with Crippen molar-refractivity contribution in [3.8, 4) is 5.75 Å². The van der Waals surface area contributed by atoms with Gasteiger partial charge in [-0.05, 0) is 58.8 Å². The van der Waals surface area contributed by atoms with Gasteiger partial charge in [-0.25, -0.2) is 0 Å². The highest BCUT2D eigenvalue weighted by Crippen LogP contribution is 2.32. The first-order chi connectivity index (χ1) is 8.72. The van der Waals surface area contributed by atoms with Gasteiger partial charge >= 0.3 is 0 Å². The SMILES string of the molecule is CC/C=C\CC(CCC)c1ccc(OC)c(Br)c1. The predicted octanol–water partition coefficient (Wildman–Crippen LogP) is 5.70. The van der Waals surface area contributed by atoms with Gasteiger partial charge in [-0.2, -0.15) is 0 Å². The molecule has 0 amide bonds. The summed E-state index contributed by atoms with van der Waals surface area (Å²) >= 11 is 3.57. The van der Waals surface area contributed by atoms with Crippen LogP contribution in [0.25, 0.3) is 0 Å². The molecule has 1 nitrogen and oxygen atoms in total. The first-order valence-electron chi connectivity index (χ1n) is 6.71. The maximum atomic E-state index is 5.28. The van der Waals surface area contributed by atoms with E-state index in [0.717, 1.165) is 23.1 Å². The molecule has 1 aromatic rings. The fourth-order valence-electron chi connectivity index (χ4n) is 2.13. The summed E-state index contributed by atoms with van der Waals surface area (Å²) in [7, 11) is 1.70. The first kappa shape index (κ1) is 15.3. The molecule has 0 heterocycles. The summed E-state index contributed by atoms with van der Waals surface area (Å²) in [6.07, 6.45) is 9.24. The van der Waals surface area contributed by atoms with Gasteiger partial charge in [0.1, 0.15) is 5.75 Å². The average molecular weight is 311 g/mol. The number of benzene rings is 1. The smallest absolute Gasteiger partial charge is 0.133 e. The lowest BCUT2D eigenvalue weighted by Gasteiger charge is -2.16. The summed E-state index contributed by atoms with van der Waals surface area (Å²) < 4.78 is 6.32. The number of hydrogen-bond acceptors (Lipinski definition) is 1. The molecule has 0 aliphatic rings. The van der Waals surface area contributed by atoms with Crippen molar-refractivity contribution in [3.63, 3.8) is 0 Å². The Balaban J connectivity index is 2.84. The molecule has 0 aliphatic carbocycles. The molecule has 0 saturated heterocycles. The molecule has 0 bridgehead atoms. The fourth-order valence-corrected chi connectivity index (χ4v) is 2.69. The van der Waals surface area contributed by atoms with Crippen LogP contribution in [0.3, 0.4) is 0 Å². The Bertz CT molecular complexity index is 385. The summed E-state index contributed by atoms with van der Waals surface area (Å²) in [6.45, 7) is 4.42. The van der Waals surface area contributed by atoms with Crippen LogP contribution in [0.15, 0.2) is 34.8 Å². The van der Waals surface area contributed by atoms with Gasteiger partial charge < -0.3 is 4.74 Å². The largest absolute Gasteiger partial charge is 0.496 e. The monoisotopic (exact) mass is 310 g/mol. The van der Waals surface area contributed by atoms with E-state index in [0.29, 0.717) is 5.92 Å². The van der Waals surface area contributed by atoms with E-state index in [1.807, 2.05) is 6.07 Å². The quantitative estimate of drug-likeness (QED) is 0.587. The van der Waals surface area contributed by atoms with Crippen molar-refractivity contribution in [3.05, 3.63) is 40.4 Å². The van der Waals surface area contributed by atoms with Gasteiger partial charge in [0.05, 0.1) is 11.6 Å². The second-order valence-corrected chi connectivity index (χ2v) is 5.35. The Kier molecular flexibility index (Phi) is 7.11. The molecule has 18 heavy (non-hydrogen) atoms. The van der Waals surface area contributed by atoms with Gasteiger partial charge in [-0.1, -0.05) is 38.5 Å². The lowest BCUT2D eigenvalue weighted by molar-refractivity contribution is 0.411. The third-order valence-electron chi connectivity index (χ3n) is 3.11. The highest BCUT2D eigenvalue weighted by atomic mass is 79.9. The van der Waals surface area contributed by atoms with Crippen molar-refractivity contribution in [2.24, 2.45) is 0 Å². The molecule has 1 rings (SSSR count). The zero-order valence-corrected chi connectivity index (χ0v) is 13.2. The average Bonchev–Trinajstić information content (AvgIpc) is 2.38. The van der Waals surface area contributed by atoms with Gasteiger partial charge in [-0.3, -0.25) is 0 Å². The lowest BCUT2D eigenvalue weighted by Crippen LogP contribution is -1.98. The number of hydrogen-bond donors (Lipinski definition) is 0. The summed E-state index contributed by atoms with van der Waals surface area (Å²) in [5.41, 5.74) is 1.39. The van der Waals surface area contributed by atoms with Crippen molar-refractivity contribution in [2.75, 3.05) is 7.11 Å². The Hall–Kier alpha value is -0.760. The highest BCUT2D eigenvalue weighted by molar-refractivity contribution is 9.10. The summed E-state index contributed by atoms with van der Waals surface area (Å²) in [5, 5.41) is 0. The molecule has 0 N–H and O–H groups in total.